The highest BCUT2D eigenvalue weighted by molar-refractivity contribution is 5.71. The second kappa shape index (κ2) is 10.5. The predicted molar refractivity (Wildman–Crippen MR) is 145 cm³/mol. The summed E-state index contributed by atoms with van der Waals surface area (Å²) in [5, 5.41) is 41.0. The average Bonchev–Trinajstić information content (AvgIpc) is 3.00. The van der Waals surface area contributed by atoms with Crippen LogP contribution < -0.4 is 0 Å². The van der Waals surface area contributed by atoms with E-state index in [0.29, 0.717) is 32.1 Å². The lowest BCUT2D eigenvalue weighted by Crippen LogP contribution is -2.48. The van der Waals surface area contributed by atoms with Crippen molar-refractivity contribution in [3.05, 3.63) is 46.6 Å². The van der Waals surface area contributed by atoms with E-state index in [9.17, 15) is 30.0 Å². The van der Waals surface area contributed by atoms with Crippen LogP contribution in [0.15, 0.2) is 46.6 Å². The zero-order valence-corrected chi connectivity index (χ0v) is 23.4. The van der Waals surface area contributed by atoms with Crippen LogP contribution in [0.25, 0.3) is 0 Å². The van der Waals surface area contributed by atoms with Gasteiger partial charge in [-0.15, -0.1) is 0 Å². The molecular formula is C31H46O6. The number of fused-ring (bicyclic) bond motifs is 3. The van der Waals surface area contributed by atoms with Crippen LogP contribution in [0, 0.1) is 34.0 Å². The van der Waals surface area contributed by atoms with Crippen molar-refractivity contribution < 1.29 is 30.0 Å². The molecule has 3 rings (SSSR count). The lowest BCUT2D eigenvalue weighted by atomic mass is 9.48. The van der Waals surface area contributed by atoms with Crippen molar-refractivity contribution in [3.63, 3.8) is 0 Å². The van der Waals surface area contributed by atoms with Gasteiger partial charge in [-0.2, -0.15) is 0 Å². The van der Waals surface area contributed by atoms with Gasteiger partial charge in [-0.3, -0.25) is 9.59 Å². The molecule has 0 spiro atoms. The zero-order chi connectivity index (χ0) is 27.9. The Morgan fingerprint density at radius 2 is 1.73 bits per heavy atom. The van der Waals surface area contributed by atoms with Crippen LogP contribution in [0.1, 0.15) is 86.5 Å². The van der Waals surface area contributed by atoms with Crippen LogP contribution in [-0.2, 0) is 9.59 Å². The van der Waals surface area contributed by atoms with Crippen LogP contribution in [-0.4, -0.2) is 45.1 Å². The third kappa shape index (κ3) is 4.87. The number of carbonyl (C=O) groups is 2. The fraction of sp³-hybridized carbons (Fsp3) is 0.677. The molecular weight excluding hydrogens is 468 g/mol. The number of hydrogen-bond acceptors (Lipinski definition) is 4. The van der Waals surface area contributed by atoms with Gasteiger partial charge >= 0.3 is 11.9 Å². The Morgan fingerprint density at radius 1 is 1.08 bits per heavy atom. The maximum absolute atomic E-state index is 12.6. The second-order valence-electron chi connectivity index (χ2n) is 12.7. The van der Waals surface area contributed by atoms with Crippen molar-refractivity contribution in [2.75, 3.05) is 6.61 Å². The first kappa shape index (κ1) is 29.4. The molecule has 3 aliphatic carbocycles. The van der Waals surface area contributed by atoms with Crippen molar-refractivity contribution >= 4 is 11.9 Å². The van der Waals surface area contributed by atoms with Gasteiger partial charge in [0.15, 0.2) is 0 Å². The molecule has 0 saturated heterocycles. The fourth-order valence-corrected chi connectivity index (χ4v) is 8.04. The van der Waals surface area contributed by atoms with Crippen molar-refractivity contribution in [1.29, 1.82) is 0 Å². The molecule has 37 heavy (non-hydrogen) atoms. The van der Waals surface area contributed by atoms with Gasteiger partial charge in [0, 0.05) is 17.8 Å². The van der Waals surface area contributed by atoms with Crippen LogP contribution >= 0.6 is 0 Å². The number of aliphatic hydroxyl groups excluding tert-OH is 2. The van der Waals surface area contributed by atoms with Crippen molar-refractivity contribution in [1.82, 2.24) is 0 Å². The highest BCUT2D eigenvalue weighted by Crippen LogP contribution is 2.70. The van der Waals surface area contributed by atoms with E-state index < -0.39 is 40.7 Å². The molecule has 6 heteroatoms. The molecule has 206 valence electrons. The van der Waals surface area contributed by atoms with Gasteiger partial charge in [-0.05, 0) is 92.8 Å². The maximum Gasteiger partial charge on any atom is 0.306 e. The standard InChI is InChI=1S/C31H46O6/c1-18(2)20(17-32)8-9-21(28(36)37)27-25(33)16-31(7)24-11-10-22(19(3)4)29(5,14-13-26(34)35)23(24)12-15-30(27,31)6/h11-12,21-22,25,27,32-33H,3,8-10,13-17H2,1-2,4-7H3,(H,34,35)(H,36,37)/t21-,22+,25-,27+,29+,30-,31+/m1/s1. The summed E-state index contributed by atoms with van der Waals surface area (Å²) >= 11 is 0. The Bertz CT molecular complexity index is 1050. The van der Waals surface area contributed by atoms with E-state index in [4.69, 9.17) is 0 Å². The lowest BCUT2D eigenvalue weighted by molar-refractivity contribution is -0.148. The summed E-state index contributed by atoms with van der Waals surface area (Å²) in [6, 6.07) is 0. The third-order valence-electron chi connectivity index (χ3n) is 10.4. The SMILES string of the molecule is C=C(C)[C@@H]1CC=C2C(=CC[C@]3(C)[C@@H]([C@@H](CCC(CO)=C(C)C)C(=O)O)[C@H](O)C[C@@]23C)[C@@]1(C)CCC(=O)O. The van der Waals surface area contributed by atoms with E-state index in [1.165, 1.54) is 0 Å². The highest BCUT2D eigenvalue weighted by Gasteiger charge is 2.65. The van der Waals surface area contributed by atoms with Crippen LogP contribution in [0.3, 0.4) is 0 Å². The quantitative estimate of drug-likeness (QED) is 0.269. The van der Waals surface area contributed by atoms with E-state index in [0.717, 1.165) is 34.3 Å². The molecule has 0 unspecified atom stereocenters. The summed E-state index contributed by atoms with van der Waals surface area (Å²) in [5.74, 6) is -2.76. The van der Waals surface area contributed by atoms with Gasteiger partial charge in [0.05, 0.1) is 18.6 Å². The Kier molecular flexibility index (Phi) is 8.36. The normalized spacial score (nSPS) is 35.5. The summed E-state index contributed by atoms with van der Waals surface area (Å²) in [4.78, 5) is 24.1. The highest BCUT2D eigenvalue weighted by atomic mass is 16.4. The van der Waals surface area contributed by atoms with E-state index in [1.54, 1.807) is 0 Å². The number of carboxylic acid groups (broad SMARTS) is 2. The molecule has 0 aromatic rings. The minimum atomic E-state index is -0.901. The predicted octanol–water partition coefficient (Wildman–Crippen LogP) is 5.91. The summed E-state index contributed by atoms with van der Waals surface area (Å²) in [6.07, 6.45) is 7.00. The number of hydrogen-bond donors (Lipinski definition) is 4. The van der Waals surface area contributed by atoms with Crippen LogP contribution in [0.2, 0.25) is 0 Å². The monoisotopic (exact) mass is 514 g/mol. The smallest absolute Gasteiger partial charge is 0.306 e. The molecule has 3 aliphatic rings. The zero-order valence-electron chi connectivity index (χ0n) is 23.4. The molecule has 0 aromatic heterocycles. The van der Waals surface area contributed by atoms with Crippen LogP contribution in [0.5, 0.6) is 0 Å². The van der Waals surface area contributed by atoms with Gasteiger partial charge < -0.3 is 20.4 Å². The Morgan fingerprint density at radius 3 is 2.24 bits per heavy atom. The van der Waals surface area contributed by atoms with Crippen molar-refractivity contribution in [3.8, 4) is 0 Å². The molecule has 0 heterocycles. The van der Waals surface area contributed by atoms with Gasteiger partial charge in [-0.25, -0.2) is 0 Å². The minimum absolute atomic E-state index is 0.0722. The fourth-order valence-electron chi connectivity index (χ4n) is 8.04. The Balaban J connectivity index is 2.06. The van der Waals surface area contributed by atoms with Gasteiger partial charge in [0.2, 0.25) is 0 Å². The third-order valence-corrected chi connectivity index (χ3v) is 10.4. The van der Waals surface area contributed by atoms with Gasteiger partial charge in [-0.1, -0.05) is 50.6 Å². The summed E-state index contributed by atoms with van der Waals surface area (Å²) < 4.78 is 0. The number of carboxylic acids is 2. The van der Waals surface area contributed by atoms with E-state index in [1.807, 2.05) is 20.8 Å². The van der Waals surface area contributed by atoms with Crippen LogP contribution in [0.4, 0.5) is 0 Å². The molecule has 0 aromatic carbocycles. The molecule has 0 radical (unpaired) electrons. The summed E-state index contributed by atoms with van der Waals surface area (Å²) in [6.45, 7) is 16.4. The largest absolute Gasteiger partial charge is 0.481 e. The van der Waals surface area contributed by atoms with Crippen molar-refractivity contribution in [2.24, 2.45) is 34.0 Å². The summed E-state index contributed by atoms with van der Waals surface area (Å²) in [5.41, 5.74) is 3.91. The van der Waals surface area contributed by atoms with Gasteiger partial charge in [0.1, 0.15) is 0 Å². The lowest BCUT2D eigenvalue weighted by Gasteiger charge is -2.56. The first-order chi connectivity index (χ1) is 17.1. The Hall–Kier alpha value is -2.18. The second-order valence-corrected chi connectivity index (χ2v) is 12.7. The molecule has 1 saturated carbocycles. The maximum atomic E-state index is 12.6. The molecule has 6 nitrogen and oxygen atoms in total. The number of aliphatic hydroxyl groups is 2. The first-order valence-electron chi connectivity index (χ1n) is 13.6. The molecule has 0 aliphatic heterocycles. The van der Waals surface area contributed by atoms with Gasteiger partial charge in [0.25, 0.3) is 0 Å². The molecule has 0 bridgehead atoms. The van der Waals surface area contributed by atoms with E-state index in [2.05, 4.69) is 39.5 Å². The number of aliphatic carboxylic acids is 2. The average molecular weight is 515 g/mol. The molecule has 1 fully saturated rings. The minimum Gasteiger partial charge on any atom is -0.481 e. The molecule has 0 amide bonds. The number of allylic oxidation sites excluding steroid dienone is 6. The topological polar surface area (TPSA) is 115 Å². The Labute approximate surface area is 221 Å². The van der Waals surface area contributed by atoms with E-state index >= 15 is 0 Å². The first-order valence-corrected chi connectivity index (χ1v) is 13.6. The molecule has 4 N–H and O–H groups in total. The number of rotatable bonds is 10. The van der Waals surface area contributed by atoms with Crippen molar-refractivity contribution in [2.45, 2.75) is 92.6 Å². The molecule has 7 atom stereocenters. The van der Waals surface area contributed by atoms with E-state index in [-0.39, 0.29) is 24.4 Å². The summed E-state index contributed by atoms with van der Waals surface area (Å²) in [7, 11) is 0.